The number of hydrogen-bond acceptors (Lipinski definition) is 2. The maximum atomic E-state index is 12.9. The van der Waals surface area contributed by atoms with Crippen LogP contribution in [0.5, 0.6) is 0 Å². The highest BCUT2D eigenvalue weighted by molar-refractivity contribution is 5.14. The van der Waals surface area contributed by atoms with Crippen LogP contribution in [0.1, 0.15) is 43.6 Å². The Labute approximate surface area is 84.3 Å². The van der Waals surface area contributed by atoms with Crippen LogP contribution in [0.25, 0.3) is 0 Å². The molecule has 0 bridgehead atoms. The van der Waals surface area contributed by atoms with E-state index in [0.717, 1.165) is 25.0 Å². The average Bonchev–Trinajstić information content (AvgIpc) is 2.18. The number of unbranched alkanes of at least 4 members (excludes halogenated alkanes) is 1. The zero-order chi connectivity index (χ0) is 10.6. The lowest BCUT2D eigenvalue weighted by molar-refractivity contribution is 0.573. The molecular weight excluding hydrogens is 179 g/mol. The van der Waals surface area contributed by atoms with E-state index in [0.29, 0.717) is 5.69 Å². The zero-order valence-electron chi connectivity index (χ0n) is 8.76. The van der Waals surface area contributed by atoms with Crippen LogP contribution >= 0.6 is 0 Å². The molecule has 0 aliphatic carbocycles. The number of rotatable bonds is 4. The van der Waals surface area contributed by atoms with E-state index in [2.05, 4.69) is 11.9 Å². The predicted octanol–water partition coefficient (Wildman–Crippen LogP) is 2.72. The van der Waals surface area contributed by atoms with E-state index in [1.54, 1.807) is 13.0 Å². The molecule has 1 aromatic rings. The van der Waals surface area contributed by atoms with Crippen molar-refractivity contribution in [3.05, 3.63) is 29.3 Å². The van der Waals surface area contributed by atoms with Crippen molar-refractivity contribution >= 4 is 0 Å². The third-order valence-electron chi connectivity index (χ3n) is 2.29. The number of nitrogens with zero attached hydrogens (tertiary/aromatic N) is 1. The molecule has 0 fully saturated rings. The second-order valence-electron chi connectivity index (χ2n) is 3.55. The summed E-state index contributed by atoms with van der Waals surface area (Å²) in [4.78, 5) is 4.13. The zero-order valence-corrected chi connectivity index (χ0v) is 8.76. The molecule has 1 heterocycles. The minimum atomic E-state index is -0.267. The van der Waals surface area contributed by atoms with Crippen molar-refractivity contribution in [2.45, 2.75) is 39.2 Å². The molecule has 0 unspecified atom stereocenters. The fourth-order valence-corrected chi connectivity index (χ4v) is 1.34. The third-order valence-corrected chi connectivity index (χ3v) is 2.29. The van der Waals surface area contributed by atoms with E-state index in [1.807, 2.05) is 0 Å². The van der Waals surface area contributed by atoms with Gasteiger partial charge in [0.2, 0.25) is 0 Å². The summed E-state index contributed by atoms with van der Waals surface area (Å²) in [5.41, 5.74) is 7.13. The van der Waals surface area contributed by atoms with Gasteiger partial charge in [-0.05, 0) is 25.5 Å². The summed E-state index contributed by atoms with van der Waals surface area (Å²) in [6, 6.07) is 3.04. The molecule has 3 heteroatoms. The van der Waals surface area contributed by atoms with Crippen LogP contribution in [0.15, 0.2) is 12.1 Å². The highest BCUT2D eigenvalue weighted by Gasteiger charge is 2.08. The summed E-state index contributed by atoms with van der Waals surface area (Å²) in [6.07, 6.45) is 3.11. The van der Waals surface area contributed by atoms with E-state index >= 15 is 0 Å². The van der Waals surface area contributed by atoms with E-state index in [-0.39, 0.29) is 11.9 Å². The SMILES string of the molecule is CCCC[C@@H](N)c1ccc(F)c(C)n1. The molecule has 0 amide bonds. The van der Waals surface area contributed by atoms with E-state index < -0.39 is 0 Å². The van der Waals surface area contributed by atoms with Crippen LogP contribution in [0.3, 0.4) is 0 Å². The van der Waals surface area contributed by atoms with Gasteiger partial charge in [-0.15, -0.1) is 0 Å². The van der Waals surface area contributed by atoms with Gasteiger partial charge in [-0.3, -0.25) is 4.98 Å². The van der Waals surface area contributed by atoms with Gasteiger partial charge in [0.15, 0.2) is 0 Å². The molecule has 1 aromatic heterocycles. The number of nitrogens with two attached hydrogens (primary N) is 1. The topological polar surface area (TPSA) is 38.9 Å². The first-order valence-corrected chi connectivity index (χ1v) is 5.03. The Hall–Kier alpha value is -0.960. The Bertz CT molecular complexity index is 299. The molecule has 0 radical (unpaired) electrons. The Balaban J connectivity index is 2.70. The second-order valence-corrected chi connectivity index (χ2v) is 3.55. The largest absolute Gasteiger partial charge is 0.323 e. The van der Waals surface area contributed by atoms with Crippen molar-refractivity contribution < 1.29 is 4.39 Å². The van der Waals surface area contributed by atoms with E-state index in [4.69, 9.17) is 5.73 Å². The third kappa shape index (κ3) is 2.77. The number of pyridine rings is 1. The molecule has 14 heavy (non-hydrogen) atoms. The molecule has 0 aliphatic heterocycles. The normalized spacial score (nSPS) is 12.9. The quantitative estimate of drug-likeness (QED) is 0.804. The molecule has 1 rings (SSSR count). The molecule has 0 saturated heterocycles. The number of aryl methyl sites for hydroxylation is 1. The molecule has 1 atom stereocenters. The highest BCUT2D eigenvalue weighted by Crippen LogP contribution is 2.15. The summed E-state index contributed by atoms with van der Waals surface area (Å²) >= 11 is 0. The van der Waals surface area contributed by atoms with Crippen LogP contribution in [-0.4, -0.2) is 4.98 Å². The number of hydrogen-bond donors (Lipinski definition) is 1. The smallest absolute Gasteiger partial charge is 0.144 e. The summed E-state index contributed by atoms with van der Waals surface area (Å²) in [6.45, 7) is 3.78. The van der Waals surface area contributed by atoms with E-state index in [9.17, 15) is 4.39 Å². The fraction of sp³-hybridized carbons (Fsp3) is 0.545. The predicted molar refractivity (Wildman–Crippen MR) is 55.4 cm³/mol. The lowest BCUT2D eigenvalue weighted by Crippen LogP contribution is -2.12. The summed E-state index contributed by atoms with van der Waals surface area (Å²) in [7, 11) is 0. The average molecular weight is 196 g/mol. The Morgan fingerprint density at radius 3 is 2.79 bits per heavy atom. The van der Waals surface area contributed by atoms with Gasteiger partial charge in [0.1, 0.15) is 5.82 Å². The minimum absolute atomic E-state index is 0.0609. The lowest BCUT2D eigenvalue weighted by atomic mass is 10.1. The van der Waals surface area contributed by atoms with Crippen LogP contribution in [0.2, 0.25) is 0 Å². The number of aromatic nitrogens is 1. The maximum absolute atomic E-state index is 12.9. The molecule has 0 spiro atoms. The van der Waals surface area contributed by atoms with E-state index in [1.165, 1.54) is 6.07 Å². The first-order valence-electron chi connectivity index (χ1n) is 5.03. The summed E-state index contributed by atoms with van der Waals surface area (Å²) in [5, 5.41) is 0. The van der Waals surface area contributed by atoms with Gasteiger partial charge >= 0.3 is 0 Å². The van der Waals surface area contributed by atoms with Gasteiger partial charge in [0.25, 0.3) is 0 Å². The molecule has 78 valence electrons. The lowest BCUT2D eigenvalue weighted by Gasteiger charge is -2.10. The molecule has 2 nitrogen and oxygen atoms in total. The van der Waals surface area contributed by atoms with Crippen LogP contribution < -0.4 is 5.73 Å². The van der Waals surface area contributed by atoms with Gasteiger partial charge in [-0.25, -0.2) is 4.39 Å². The van der Waals surface area contributed by atoms with Gasteiger partial charge in [-0.2, -0.15) is 0 Å². The monoisotopic (exact) mass is 196 g/mol. The molecule has 0 saturated carbocycles. The van der Waals surface area contributed by atoms with Crippen LogP contribution in [0, 0.1) is 12.7 Å². The summed E-state index contributed by atoms with van der Waals surface area (Å²) < 4.78 is 12.9. The number of halogens is 1. The van der Waals surface area contributed by atoms with Crippen LogP contribution in [0.4, 0.5) is 4.39 Å². The van der Waals surface area contributed by atoms with Gasteiger partial charge in [0, 0.05) is 6.04 Å². The van der Waals surface area contributed by atoms with Crippen molar-refractivity contribution in [1.29, 1.82) is 0 Å². The van der Waals surface area contributed by atoms with Gasteiger partial charge in [0.05, 0.1) is 11.4 Å². The Kier molecular flexibility index (Phi) is 4.01. The van der Waals surface area contributed by atoms with Crippen molar-refractivity contribution in [3.63, 3.8) is 0 Å². The molecular formula is C11H17FN2. The van der Waals surface area contributed by atoms with Crippen molar-refractivity contribution in [2.75, 3.05) is 0 Å². The molecule has 2 N–H and O–H groups in total. The van der Waals surface area contributed by atoms with Crippen molar-refractivity contribution in [3.8, 4) is 0 Å². The first-order chi connectivity index (χ1) is 6.65. The van der Waals surface area contributed by atoms with Crippen LogP contribution in [-0.2, 0) is 0 Å². The first kappa shape index (κ1) is 11.1. The standard InChI is InChI=1S/C11H17FN2/c1-3-4-5-10(13)11-7-6-9(12)8(2)14-11/h6-7,10H,3-5,13H2,1-2H3/t10-/m1/s1. The molecule has 0 aromatic carbocycles. The van der Waals surface area contributed by atoms with Gasteiger partial charge in [-0.1, -0.05) is 19.8 Å². The molecule has 0 aliphatic rings. The van der Waals surface area contributed by atoms with Crippen molar-refractivity contribution in [1.82, 2.24) is 4.98 Å². The summed E-state index contributed by atoms with van der Waals surface area (Å²) in [5.74, 6) is -0.267. The Morgan fingerprint density at radius 1 is 1.50 bits per heavy atom. The highest BCUT2D eigenvalue weighted by atomic mass is 19.1. The van der Waals surface area contributed by atoms with Crippen molar-refractivity contribution in [2.24, 2.45) is 5.73 Å². The Morgan fingerprint density at radius 2 is 2.21 bits per heavy atom. The fourth-order valence-electron chi connectivity index (χ4n) is 1.34. The second kappa shape index (κ2) is 5.05. The maximum Gasteiger partial charge on any atom is 0.144 e. The minimum Gasteiger partial charge on any atom is -0.323 e. The van der Waals surface area contributed by atoms with Gasteiger partial charge < -0.3 is 5.73 Å².